The molecule has 0 saturated carbocycles. The summed E-state index contributed by atoms with van der Waals surface area (Å²) in [5, 5.41) is 10.3. The number of rotatable bonds is 4. The molecule has 0 unspecified atom stereocenters. The Morgan fingerprint density at radius 2 is 2.05 bits per heavy atom. The molecule has 0 spiro atoms. The van der Waals surface area contributed by atoms with Crippen LogP contribution in [0.4, 0.5) is 0 Å². The summed E-state index contributed by atoms with van der Waals surface area (Å²) < 4.78 is 2.26. The maximum atomic E-state index is 11.3. The quantitative estimate of drug-likeness (QED) is 0.895. The van der Waals surface area contributed by atoms with Crippen LogP contribution in [0.2, 0.25) is 0 Å². The van der Waals surface area contributed by atoms with E-state index in [2.05, 4.69) is 31.5 Å². The van der Waals surface area contributed by atoms with E-state index < -0.39 is 5.97 Å². The summed E-state index contributed by atoms with van der Waals surface area (Å²) in [4.78, 5) is 11.3. The normalized spacial score (nSPS) is 11.4. The first-order valence-corrected chi connectivity index (χ1v) is 6.82. The van der Waals surface area contributed by atoms with Crippen LogP contribution in [0.1, 0.15) is 54.6 Å². The van der Waals surface area contributed by atoms with Crippen LogP contribution in [0.25, 0.3) is 10.9 Å². The van der Waals surface area contributed by atoms with Gasteiger partial charge in [-0.05, 0) is 42.5 Å². The van der Waals surface area contributed by atoms with E-state index in [-0.39, 0.29) is 0 Å². The lowest BCUT2D eigenvalue weighted by Crippen LogP contribution is -2.03. The standard InChI is InChI=1S/C16H21NO2/c1-5-6-17-9-11(4)14-8-12(16(18)19)7-13(10(2)3)15(14)17/h7-10H,5-6H2,1-4H3,(H,18,19). The molecule has 1 aromatic heterocycles. The summed E-state index contributed by atoms with van der Waals surface area (Å²) in [5.74, 6) is -0.543. The first kappa shape index (κ1) is 13.7. The molecule has 0 radical (unpaired) electrons. The zero-order chi connectivity index (χ0) is 14.2. The Hall–Kier alpha value is -1.77. The maximum Gasteiger partial charge on any atom is 0.335 e. The van der Waals surface area contributed by atoms with E-state index in [1.165, 1.54) is 5.52 Å². The molecule has 0 amide bonds. The molecule has 0 aliphatic carbocycles. The monoisotopic (exact) mass is 259 g/mol. The number of aryl methyl sites for hydroxylation is 2. The molecule has 0 aliphatic heterocycles. The minimum absolute atomic E-state index is 0.312. The Balaban J connectivity index is 2.80. The number of fused-ring (bicyclic) bond motifs is 1. The second-order valence-electron chi connectivity index (χ2n) is 5.43. The van der Waals surface area contributed by atoms with Gasteiger partial charge >= 0.3 is 5.97 Å². The summed E-state index contributed by atoms with van der Waals surface area (Å²) in [7, 11) is 0. The Morgan fingerprint density at radius 3 is 2.58 bits per heavy atom. The first-order chi connectivity index (χ1) is 8.95. The molecular weight excluding hydrogens is 238 g/mol. The fourth-order valence-corrected chi connectivity index (χ4v) is 2.63. The third-order valence-electron chi connectivity index (χ3n) is 3.53. The molecule has 2 rings (SSSR count). The number of nitrogens with zero attached hydrogens (tertiary/aromatic N) is 1. The number of carbonyl (C=O) groups is 1. The van der Waals surface area contributed by atoms with Gasteiger partial charge in [0.05, 0.1) is 11.1 Å². The van der Waals surface area contributed by atoms with Gasteiger partial charge in [0.15, 0.2) is 0 Å². The van der Waals surface area contributed by atoms with Gasteiger partial charge < -0.3 is 9.67 Å². The zero-order valence-corrected chi connectivity index (χ0v) is 12.0. The molecular formula is C16H21NO2. The molecule has 0 fully saturated rings. The summed E-state index contributed by atoms with van der Waals surface area (Å²) in [5.41, 5.74) is 3.85. The third-order valence-corrected chi connectivity index (χ3v) is 3.53. The van der Waals surface area contributed by atoms with Crippen molar-refractivity contribution in [3.63, 3.8) is 0 Å². The highest BCUT2D eigenvalue weighted by Gasteiger charge is 2.16. The lowest BCUT2D eigenvalue weighted by atomic mass is 9.96. The van der Waals surface area contributed by atoms with Crippen LogP contribution in [0.15, 0.2) is 18.3 Å². The van der Waals surface area contributed by atoms with Gasteiger partial charge in [0, 0.05) is 18.1 Å². The average molecular weight is 259 g/mol. The highest BCUT2D eigenvalue weighted by atomic mass is 16.4. The second kappa shape index (κ2) is 5.08. The molecule has 3 heteroatoms. The van der Waals surface area contributed by atoms with Crippen molar-refractivity contribution in [1.82, 2.24) is 4.57 Å². The average Bonchev–Trinajstić information content (AvgIpc) is 2.66. The van der Waals surface area contributed by atoms with Crippen molar-refractivity contribution in [3.05, 3.63) is 35.0 Å². The molecule has 3 nitrogen and oxygen atoms in total. The number of benzene rings is 1. The van der Waals surface area contributed by atoms with Crippen LogP contribution in [-0.2, 0) is 6.54 Å². The third kappa shape index (κ3) is 2.37. The Bertz CT molecular complexity index is 623. The Labute approximate surface area is 113 Å². The van der Waals surface area contributed by atoms with E-state index in [1.54, 1.807) is 6.07 Å². The van der Waals surface area contributed by atoms with E-state index in [0.29, 0.717) is 11.5 Å². The molecule has 0 bridgehead atoms. The second-order valence-corrected chi connectivity index (χ2v) is 5.43. The van der Waals surface area contributed by atoms with Crippen LogP contribution >= 0.6 is 0 Å². The van der Waals surface area contributed by atoms with E-state index in [1.807, 2.05) is 13.0 Å². The van der Waals surface area contributed by atoms with Gasteiger partial charge in [-0.15, -0.1) is 0 Å². The minimum Gasteiger partial charge on any atom is -0.478 e. The number of hydrogen-bond acceptors (Lipinski definition) is 1. The summed E-state index contributed by atoms with van der Waals surface area (Å²) in [6, 6.07) is 3.62. The van der Waals surface area contributed by atoms with Crippen molar-refractivity contribution >= 4 is 16.9 Å². The zero-order valence-electron chi connectivity index (χ0n) is 12.0. The number of carboxylic acids is 1. The predicted octanol–water partition coefficient (Wildman–Crippen LogP) is 4.18. The van der Waals surface area contributed by atoms with Gasteiger partial charge in [0.25, 0.3) is 0 Å². The molecule has 2 aromatic rings. The molecule has 19 heavy (non-hydrogen) atoms. The Kier molecular flexibility index (Phi) is 3.65. The topological polar surface area (TPSA) is 42.2 Å². The van der Waals surface area contributed by atoms with Gasteiger partial charge in [-0.2, -0.15) is 0 Å². The number of aromatic carboxylic acids is 1. The molecule has 102 valence electrons. The highest BCUT2D eigenvalue weighted by molar-refractivity contribution is 5.96. The van der Waals surface area contributed by atoms with E-state index in [9.17, 15) is 9.90 Å². The van der Waals surface area contributed by atoms with E-state index in [0.717, 1.165) is 29.5 Å². The van der Waals surface area contributed by atoms with Gasteiger partial charge in [-0.1, -0.05) is 20.8 Å². The fourth-order valence-electron chi connectivity index (χ4n) is 2.63. The summed E-state index contributed by atoms with van der Waals surface area (Å²) in [6.45, 7) is 9.39. The minimum atomic E-state index is -0.855. The van der Waals surface area contributed by atoms with Crippen molar-refractivity contribution in [1.29, 1.82) is 0 Å². The smallest absolute Gasteiger partial charge is 0.335 e. The van der Waals surface area contributed by atoms with Crippen LogP contribution in [0.3, 0.4) is 0 Å². The largest absolute Gasteiger partial charge is 0.478 e. The van der Waals surface area contributed by atoms with Crippen molar-refractivity contribution in [2.45, 2.75) is 46.6 Å². The van der Waals surface area contributed by atoms with E-state index in [4.69, 9.17) is 0 Å². The molecule has 1 heterocycles. The van der Waals surface area contributed by atoms with Crippen molar-refractivity contribution in [2.75, 3.05) is 0 Å². The highest BCUT2D eigenvalue weighted by Crippen LogP contribution is 2.31. The van der Waals surface area contributed by atoms with Crippen LogP contribution < -0.4 is 0 Å². The predicted molar refractivity (Wildman–Crippen MR) is 78.0 cm³/mol. The Morgan fingerprint density at radius 1 is 1.37 bits per heavy atom. The van der Waals surface area contributed by atoms with Crippen molar-refractivity contribution in [3.8, 4) is 0 Å². The molecule has 1 N–H and O–H groups in total. The lowest BCUT2D eigenvalue weighted by molar-refractivity contribution is 0.0697. The van der Waals surface area contributed by atoms with Crippen LogP contribution in [0, 0.1) is 6.92 Å². The molecule has 1 aromatic carbocycles. The molecule has 0 aliphatic rings. The summed E-state index contributed by atoms with van der Waals surface area (Å²) >= 11 is 0. The van der Waals surface area contributed by atoms with Crippen molar-refractivity contribution in [2.24, 2.45) is 0 Å². The maximum absolute atomic E-state index is 11.3. The fraction of sp³-hybridized carbons (Fsp3) is 0.438. The molecule has 0 saturated heterocycles. The number of hydrogen-bond donors (Lipinski definition) is 1. The summed E-state index contributed by atoms with van der Waals surface area (Å²) in [6.07, 6.45) is 3.20. The van der Waals surface area contributed by atoms with Gasteiger partial charge in [-0.25, -0.2) is 4.79 Å². The van der Waals surface area contributed by atoms with E-state index >= 15 is 0 Å². The van der Waals surface area contributed by atoms with Crippen molar-refractivity contribution < 1.29 is 9.90 Å². The van der Waals surface area contributed by atoms with Gasteiger partial charge in [0.1, 0.15) is 0 Å². The van der Waals surface area contributed by atoms with Gasteiger partial charge in [-0.3, -0.25) is 0 Å². The van der Waals surface area contributed by atoms with Crippen LogP contribution in [0.5, 0.6) is 0 Å². The molecule has 0 atom stereocenters. The SMILES string of the molecule is CCCn1cc(C)c2cc(C(=O)O)cc(C(C)C)c21. The van der Waals surface area contributed by atoms with Crippen LogP contribution in [-0.4, -0.2) is 15.6 Å². The lowest BCUT2D eigenvalue weighted by Gasteiger charge is -2.13. The number of aromatic nitrogens is 1. The van der Waals surface area contributed by atoms with Gasteiger partial charge in [0.2, 0.25) is 0 Å². The number of carboxylic acid groups (broad SMARTS) is 1. The first-order valence-electron chi connectivity index (χ1n) is 6.82.